The van der Waals surface area contributed by atoms with E-state index in [0.717, 1.165) is 5.69 Å². The topological polar surface area (TPSA) is 12.9 Å². The van der Waals surface area contributed by atoms with Gasteiger partial charge in [0.25, 0.3) is 0 Å². The van der Waals surface area contributed by atoms with Crippen molar-refractivity contribution in [3.63, 3.8) is 0 Å². The summed E-state index contributed by atoms with van der Waals surface area (Å²) < 4.78 is 12.7. The molecule has 0 aliphatic heterocycles. The lowest BCUT2D eigenvalue weighted by atomic mass is 10.2. The number of pyridine rings is 1. The Kier molecular flexibility index (Phi) is 2.60. The summed E-state index contributed by atoms with van der Waals surface area (Å²) in [5.74, 6) is -0.248. The molecule has 0 aliphatic carbocycles. The molecule has 0 radical (unpaired) electrons. The number of aromatic nitrogens is 1. The predicted molar refractivity (Wildman–Crippen MR) is 46.3 cm³/mol. The minimum atomic E-state index is -0.248. The Labute approximate surface area is 73.8 Å². The first-order chi connectivity index (χ1) is 5.11. The maximum atomic E-state index is 12.7. The van der Waals surface area contributed by atoms with E-state index in [1.807, 2.05) is 6.92 Å². The molecule has 1 aromatic rings. The van der Waals surface area contributed by atoms with E-state index >= 15 is 0 Å². The van der Waals surface area contributed by atoms with Crippen LogP contribution in [0, 0.1) is 12.7 Å². The first-order valence-corrected chi connectivity index (χ1v) is 4.29. The molecular weight excluding hydrogens is 209 g/mol. The van der Waals surface area contributed by atoms with E-state index in [-0.39, 0.29) is 10.6 Å². The van der Waals surface area contributed by atoms with E-state index in [1.165, 1.54) is 6.20 Å². The summed E-state index contributed by atoms with van der Waals surface area (Å²) in [6.07, 6.45) is 1.25. The van der Waals surface area contributed by atoms with E-state index in [2.05, 4.69) is 20.9 Å². The zero-order valence-corrected chi connectivity index (χ0v) is 8.02. The van der Waals surface area contributed by atoms with E-state index in [0.29, 0.717) is 5.56 Å². The SMILES string of the molecule is Cc1cc(C(C)Br)ncc1F. The van der Waals surface area contributed by atoms with Crippen molar-refractivity contribution in [3.05, 3.63) is 29.3 Å². The van der Waals surface area contributed by atoms with Crippen LogP contribution in [0.3, 0.4) is 0 Å². The number of hydrogen-bond donors (Lipinski definition) is 0. The molecule has 0 N–H and O–H groups in total. The van der Waals surface area contributed by atoms with E-state index < -0.39 is 0 Å². The summed E-state index contributed by atoms with van der Waals surface area (Å²) in [4.78, 5) is 4.10. The molecular formula is C8H9BrFN. The van der Waals surface area contributed by atoms with Crippen LogP contribution in [-0.2, 0) is 0 Å². The second-order valence-electron chi connectivity index (χ2n) is 2.47. The number of hydrogen-bond acceptors (Lipinski definition) is 1. The van der Waals surface area contributed by atoms with Gasteiger partial charge in [0.1, 0.15) is 5.82 Å². The first-order valence-electron chi connectivity index (χ1n) is 3.37. The number of rotatable bonds is 1. The zero-order valence-electron chi connectivity index (χ0n) is 6.44. The van der Waals surface area contributed by atoms with Crippen LogP contribution in [0.25, 0.3) is 0 Å². The van der Waals surface area contributed by atoms with Crippen molar-refractivity contribution in [2.24, 2.45) is 0 Å². The summed E-state index contributed by atoms with van der Waals surface area (Å²) in [7, 11) is 0. The van der Waals surface area contributed by atoms with Crippen LogP contribution >= 0.6 is 15.9 Å². The summed E-state index contributed by atoms with van der Waals surface area (Å²) >= 11 is 3.36. The summed E-state index contributed by atoms with van der Waals surface area (Å²) in [6.45, 7) is 3.69. The molecule has 11 heavy (non-hydrogen) atoms. The second-order valence-corrected chi connectivity index (χ2v) is 3.85. The summed E-state index contributed by atoms with van der Waals surface area (Å²) in [5, 5.41) is 0. The molecule has 1 atom stereocenters. The van der Waals surface area contributed by atoms with E-state index in [1.54, 1.807) is 13.0 Å². The Morgan fingerprint density at radius 2 is 2.27 bits per heavy atom. The Balaban J connectivity index is 3.05. The number of halogens is 2. The molecule has 1 nitrogen and oxygen atoms in total. The fraction of sp³-hybridized carbons (Fsp3) is 0.375. The van der Waals surface area contributed by atoms with Crippen molar-refractivity contribution in [1.29, 1.82) is 0 Å². The van der Waals surface area contributed by atoms with Gasteiger partial charge in [-0.25, -0.2) is 4.39 Å². The Bertz CT molecular complexity index is 260. The van der Waals surface area contributed by atoms with Crippen LogP contribution in [0.5, 0.6) is 0 Å². The van der Waals surface area contributed by atoms with Crippen molar-refractivity contribution in [2.45, 2.75) is 18.7 Å². The van der Waals surface area contributed by atoms with Gasteiger partial charge in [0.15, 0.2) is 0 Å². The van der Waals surface area contributed by atoms with Crippen LogP contribution < -0.4 is 0 Å². The highest BCUT2D eigenvalue weighted by atomic mass is 79.9. The standard InChI is InChI=1S/C8H9BrFN/c1-5-3-8(6(2)9)11-4-7(5)10/h3-4,6H,1-2H3. The van der Waals surface area contributed by atoms with Gasteiger partial charge < -0.3 is 0 Å². The van der Waals surface area contributed by atoms with Gasteiger partial charge in [0, 0.05) is 0 Å². The van der Waals surface area contributed by atoms with Crippen molar-refractivity contribution >= 4 is 15.9 Å². The number of aryl methyl sites for hydroxylation is 1. The van der Waals surface area contributed by atoms with Gasteiger partial charge in [-0.2, -0.15) is 0 Å². The van der Waals surface area contributed by atoms with Crippen LogP contribution in [-0.4, -0.2) is 4.98 Å². The third-order valence-electron chi connectivity index (χ3n) is 1.48. The molecule has 0 fully saturated rings. The summed E-state index contributed by atoms with van der Waals surface area (Å²) in [6, 6.07) is 1.74. The third kappa shape index (κ3) is 1.99. The molecule has 1 unspecified atom stereocenters. The van der Waals surface area contributed by atoms with Crippen molar-refractivity contribution in [1.82, 2.24) is 4.98 Å². The van der Waals surface area contributed by atoms with E-state index in [4.69, 9.17) is 0 Å². The zero-order chi connectivity index (χ0) is 8.43. The first kappa shape index (κ1) is 8.65. The predicted octanol–water partition coefficient (Wildman–Crippen LogP) is 2.99. The molecule has 0 aliphatic rings. The lowest BCUT2D eigenvalue weighted by molar-refractivity contribution is 0.609. The highest BCUT2D eigenvalue weighted by Gasteiger charge is 2.04. The van der Waals surface area contributed by atoms with Crippen molar-refractivity contribution < 1.29 is 4.39 Å². The van der Waals surface area contributed by atoms with Gasteiger partial charge in [-0.1, -0.05) is 15.9 Å². The molecule has 1 aromatic heterocycles. The molecule has 0 amide bonds. The van der Waals surface area contributed by atoms with Crippen LogP contribution in [0.15, 0.2) is 12.3 Å². The highest BCUT2D eigenvalue weighted by molar-refractivity contribution is 9.09. The summed E-state index contributed by atoms with van der Waals surface area (Å²) in [5.41, 5.74) is 1.50. The molecule has 0 saturated carbocycles. The van der Waals surface area contributed by atoms with Gasteiger partial charge in [-0.05, 0) is 25.5 Å². The largest absolute Gasteiger partial charge is 0.257 e. The van der Waals surface area contributed by atoms with Gasteiger partial charge in [0.05, 0.1) is 16.7 Å². The maximum absolute atomic E-state index is 12.7. The fourth-order valence-electron chi connectivity index (χ4n) is 0.779. The van der Waals surface area contributed by atoms with Crippen LogP contribution in [0.2, 0.25) is 0 Å². The number of alkyl halides is 1. The number of nitrogens with zero attached hydrogens (tertiary/aromatic N) is 1. The minimum Gasteiger partial charge on any atom is -0.257 e. The quantitative estimate of drug-likeness (QED) is 0.660. The van der Waals surface area contributed by atoms with Crippen molar-refractivity contribution in [2.75, 3.05) is 0 Å². The monoisotopic (exact) mass is 217 g/mol. The molecule has 1 heterocycles. The highest BCUT2D eigenvalue weighted by Crippen LogP contribution is 2.20. The van der Waals surface area contributed by atoms with Gasteiger partial charge >= 0.3 is 0 Å². The Hall–Kier alpha value is -0.440. The van der Waals surface area contributed by atoms with Crippen molar-refractivity contribution in [3.8, 4) is 0 Å². The molecule has 0 aromatic carbocycles. The Morgan fingerprint density at radius 1 is 1.64 bits per heavy atom. The Morgan fingerprint density at radius 3 is 2.73 bits per heavy atom. The molecule has 0 saturated heterocycles. The van der Waals surface area contributed by atoms with Crippen LogP contribution in [0.1, 0.15) is 23.0 Å². The average molecular weight is 218 g/mol. The van der Waals surface area contributed by atoms with Gasteiger partial charge in [-0.3, -0.25) is 4.98 Å². The average Bonchev–Trinajstić information content (AvgIpc) is 1.94. The lowest BCUT2D eigenvalue weighted by Gasteiger charge is -2.03. The second kappa shape index (κ2) is 3.30. The molecule has 0 spiro atoms. The molecule has 60 valence electrons. The van der Waals surface area contributed by atoms with Gasteiger partial charge in [0.2, 0.25) is 0 Å². The van der Waals surface area contributed by atoms with E-state index in [9.17, 15) is 4.39 Å². The minimum absolute atomic E-state index is 0.182. The normalized spacial score (nSPS) is 13.1. The third-order valence-corrected chi connectivity index (χ3v) is 1.94. The smallest absolute Gasteiger partial charge is 0.144 e. The van der Waals surface area contributed by atoms with Crippen LogP contribution in [0.4, 0.5) is 4.39 Å². The molecule has 0 bridgehead atoms. The fourth-order valence-corrected chi connectivity index (χ4v) is 1.03. The lowest BCUT2D eigenvalue weighted by Crippen LogP contribution is -1.92. The maximum Gasteiger partial charge on any atom is 0.144 e. The molecule has 3 heteroatoms. The molecule has 1 rings (SSSR count). The van der Waals surface area contributed by atoms with Gasteiger partial charge in [-0.15, -0.1) is 0 Å².